The Morgan fingerprint density at radius 2 is 1.71 bits per heavy atom. The van der Waals surface area contributed by atoms with Crippen LogP contribution >= 0.6 is 0 Å². The molecule has 122 valence electrons. The van der Waals surface area contributed by atoms with Gasteiger partial charge in [-0.2, -0.15) is 0 Å². The van der Waals surface area contributed by atoms with Gasteiger partial charge in [-0.1, -0.05) is 49.7 Å². The van der Waals surface area contributed by atoms with Gasteiger partial charge in [0, 0.05) is 6.61 Å². The topological polar surface area (TPSA) is 71.6 Å². The molecule has 0 atom stereocenters. The SMILES string of the molecule is CC(C)CC(=O)[N-]CCCOCC(=O)[N-]Cc1ccccc1.[Rb+].[Rb+]. The van der Waals surface area contributed by atoms with E-state index in [1.54, 1.807) is 0 Å². The molecule has 0 bridgehead atoms. The Hall–Kier alpha value is 1.73. The summed E-state index contributed by atoms with van der Waals surface area (Å²) < 4.78 is 5.23. The van der Waals surface area contributed by atoms with Crippen molar-refractivity contribution in [2.75, 3.05) is 19.8 Å². The number of ether oxygens (including phenoxy) is 1. The van der Waals surface area contributed by atoms with E-state index in [9.17, 15) is 9.59 Å². The monoisotopic (exact) mass is 474 g/mol. The van der Waals surface area contributed by atoms with Crippen molar-refractivity contribution in [2.24, 2.45) is 5.92 Å². The van der Waals surface area contributed by atoms with Crippen LogP contribution in [-0.4, -0.2) is 31.6 Å². The van der Waals surface area contributed by atoms with Crippen molar-refractivity contribution in [3.63, 3.8) is 0 Å². The van der Waals surface area contributed by atoms with Gasteiger partial charge >= 0.3 is 116 Å². The second-order valence-electron chi connectivity index (χ2n) is 5.48. The summed E-state index contributed by atoms with van der Waals surface area (Å²) in [6, 6.07) is 9.60. The molecule has 0 unspecified atom stereocenters. The molecule has 0 aromatic heterocycles. The summed E-state index contributed by atoms with van der Waals surface area (Å²) in [5.41, 5.74) is 0.998. The zero-order chi connectivity index (χ0) is 16.2. The van der Waals surface area contributed by atoms with E-state index in [1.807, 2.05) is 44.2 Å². The Kier molecular flexibility index (Phi) is 21.1. The fraction of sp³-hybridized carbons (Fsp3) is 0.529. The molecule has 7 heteroatoms. The second kappa shape index (κ2) is 18.1. The van der Waals surface area contributed by atoms with E-state index in [1.165, 1.54) is 0 Å². The average Bonchev–Trinajstić information content (AvgIpc) is 2.49. The Labute approximate surface area is 243 Å². The average molecular weight is 475 g/mol. The molecule has 0 aliphatic heterocycles. The first-order valence-electron chi connectivity index (χ1n) is 7.60. The summed E-state index contributed by atoms with van der Waals surface area (Å²) in [6.07, 6.45) is 1.12. The molecule has 5 nitrogen and oxygen atoms in total. The van der Waals surface area contributed by atoms with Gasteiger partial charge in [-0.25, -0.2) is 0 Å². The summed E-state index contributed by atoms with van der Waals surface area (Å²) >= 11 is 0. The molecule has 0 radical (unpaired) electrons. The Morgan fingerprint density at radius 3 is 2.33 bits per heavy atom. The molecule has 0 N–H and O–H groups in total. The van der Waals surface area contributed by atoms with Crippen molar-refractivity contribution in [1.82, 2.24) is 0 Å². The Balaban J connectivity index is 0. The molecule has 0 spiro atoms. The molecule has 1 aromatic carbocycles. The molecule has 1 aromatic rings. The molecule has 0 heterocycles. The smallest absolute Gasteiger partial charge is 0.653 e. The minimum atomic E-state index is -0.267. The molecule has 0 saturated heterocycles. The Bertz CT molecular complexity index is 456. The van der Waals surface area contributed by atoms with E-state index in [0.717, 1.165) is 5.56 Å². The molecule has 1 rings (SSSR count). The van der Waals surface area contributed by atoms with Gasteiger partial charge in [0.2, 0.25) is 0 Å². The fourth-order valence-electron chi connectivity index (χ4n) is 1.75. The summed E-state index contributed by atoms with van der Waals surface area (Å²) in [5.74, 6) is -0.00281. The number of nitrogens with zero attached hydrogens (tertiary/aromatic N) is 2. The van der Waals surface area contributed by atoms with Gasteiger partial charge in [0.1, 0.15) is 0 Å². The van der Waals surface area contributed by atoms with Gasteiger partial charge in [-0.3, -0.25) is 0 Å². The summed E-state index contributed by atoms with van der Waals surface area (Å²) in [5, 5.41) is 7.86. The van der Waals surface area contributed by atoms with Crippen LogP contribution in [0.15, 0.2) is 30.3 Å². The molecule has 0 aliphatic rings. The molecule has 2 amide bonds. The number of hydrogen-bond acceptors (Lipinski definition) is 3. The zero-order valence-electron chi connectivity index (χ0n) is 15.3. The summed E-state index contributed by atoms with van der Waals surface area (Å²) in [7, 11) is 0. The summed E-state index contributed by atoms with van der Waals surface area (Å²) in [6.45, 7) is 5.18. The summed E-state index contributed by atoms with van der Waals surface area (Å²) in [4.78, 5) is 22.8. The van der Waals surface area contributed by atoms with Gasteiger partial charge in [0.25, 0.3) is 0 Å². The Morgan fingerprint density at radius 1 is 1.04 bits per heavy atom. The number of rotatable bonds is 10. The minimum absolute atomic E-state index is 0. The molecule has 0 aliphatic carbocycles. The second-order valence-corrected chi connectivity index (χ2v) is 5.48. The number of carbonyl (C=O) groups excluding carboxylic acids is 2. The van der Waals surface area contributed by atoms with Crippen LogP contribution in [0.2, 0.25) is 0 Å². The van der Waals surface area contributed by atoms with Crippen LogP contribution in [0.1, 0.15) is 32.3 Å². The third-order valence-electron chi connectivity index (χ3n) is 2.82. The molecule has 0 fully saturated rings. The van der Waals surface area contributed by atoms with Crippen molar-refractivity contribution < 1.29 is 131 Å². The van der Waals surface area contributed by atoms with Crippen molar-refractivity contribution in [2.45, 2.75) is 33.2 Å². The third kappa shape index (κ3) is 15.9. The van der Waals surface area contributed by atoms with Crippen LogP contribution < -0.4 is 116 Å². The molecule has 24 heavy (non-hydrogen) atoms. The quantitative estimate of drug-likeness (QED) is 0.350. The van der Waals surface area contributed by atoms with Crippen LogP contribution in [0.5, 0.6) is 0 Å². The van der Waals surface area contributed by atoms with E-state index in [4.69, 9.17) is 4.74 Å². The van der Waals surface area contributed by atoms with E-state index in [-0.39, 0.29) is 135 Å². The molecular weight excluding hydrogens is 451 g/mol. The molecular formula is C17H24N2O3Rb2. The first-order valence-corrected chi connectivity index (χ1v) is 7.60. The van der Waals surface area contributed by atoms with Crippen LogP contribution in [0.4, 0.5) is 0 Å². The van der Waals surface area contributed by atoms with Gasteiger partial charge < -0.3 is 25.0 Å². The van der Waals surface area contributed by atoms with E-state index >= 15 is 0 Å². The number of amides is 2. The van der Waals surface area contributed by atoms with Crippen LogP contribution in [-0.2, 0) is 20.9 Å². The van der Waals surface area contributed by atoms with Gasteiger partial charge in [-0.15, -0.1) is 13.1 Å². The standard InChI is InChI=1S/C17H26N2O3.2Rb/c1-14(2)11-16(20)18-9-6-10-22-13-17(21)19-12-15-7-4-3-5-8-15;;/h3-5,7-8,14H,6,9-13H2,1-2H3,(H2,18,19,20,21);;/q;2*+1/p-2. The van der Waals surface area contributed by atoms with Crippen LogP contribution in [0.25, 0.3) is 10.6 Å². The van der Waals surface area contributed by atoms with Crippen LogP contribution in [0.3, 0.4) is 0 Å². The van der Waals surface area contributed by atoms with Crippen molar-refractivity contribution in [3.05, 3.63) is 46.5 Å². The number of carbonyl (C=O) groups is 2. The largest absolute Gasteiger partial charge is 1.00 e. The maximum atomic E-state index is 11.5. The van der Waals surface area contributed by atoms with Crippen molar-refractivity contribution in [3.8, 4) is 0 Å². The minimum Gasteiger partial charge on any atom is -0.653 e. The maximum absolute atomic E-state index is 11.5. The molecule has 0 saturated carbocycles. The van der Waals surface area contributed by atoms with Gasteiger partial charge in [0.05, 0.1) is 18.4 Å². The number of benzene rings is 1. The predicted molar refractivity (Wildman–Crippen MR) is 86.6 cm³/mol. The third-order valence-corrected chi connectivity index (χ3v) is 2.82. The normalized spacial score (nSPS) is 9.62. The van der Waals surface area contributed by atoms with E-state index in [2.05, 4.69) is 10.6 Å². The van der Waals surface area contributed by atoms with Crippen molar-refractivity contribution >= 4 is 11.8 Å². The van der Waals surface area contributed by atoms with Crippen LogP contribution in [0, 0.1) is 5.92 Å². The maximum Gasteiger partial charge on any atom is 1.00 e. The fourth-order valence-corrected chi connectivity index (χ4v) is 1.75. The van der Waals surface area contributed by atoms with E-state index < -0.39 is 0 Å². The van der Waals surface area contributed by atoms with Gasteiger partial charge in [0.15, 0.2) is 0 Å². The predicted octanol–water partition coefficient (Wildman–Crippen LogP) is -2.55. The zero-order valence-corrected chi connectivity index (χ0v) is 25.2. The van der Waals surface area contributed by atoms with Crippen molar-refractivity contribution in [1.29, 1.82) is 0 Å². The number of hydrogen-bond donors (Lipinski definition) is 0. The first-order chi connectivity index (χ1) is 10.6. The first kappa shape index (κ1) is 27.9. The van der Waals surface area contributed by atoms with E-state index in [0.29, 0.717) is 38.5 Å². The van der Waals surface area contributed by atoms with Gasteiger partial charge in [-0.05, 0) is 18.8 Å².